The fourth-order valence-electron chi connectivity index (χ4n) is 2.52. The quantitative estimate of drug-likeness (QED) is 0.659. The van der Waals surface area contributed by atoms with Crippen LogP contribution in [0, 0.1) is 11.6 Å². The van der Waals surface area contributed by atoms with Crippen LogP contribution in [0.3, 0.4) is 0 Å². The van der Waals surface area contributed by atoms with E-state index in [0.717, 1.165) is 0 Å². The Morgan fingerprint density at radius 2 is 1.62 bits per heavy atom. The van der Waals surface area contributed by atoms with Crippen molar-refractivity contribution in [2.75, 3.05) is 0 Å². The molecule has 0 aromatic heterocycles. The molecule has 0 heterocycles. The van der Waals surface area contributed by atoms with Gasteiger partial charge in [-0.05, 0) is 36.1 Å². The highest BCUT2D eigenvalue weighted by Gasteiger charge is 2.37. The van der Waals surface area contributed by atoms with Crippen LogP contribution in [0.15, 0.2) is 42.5 Å². The zero-order valence-corrected chi connectivity index (χ0v) is 14.8. The topological polar surface area (TPSA) is 75.6 Å². The lowest BCUT2D eigenvalue weighted by Crippen LogP contribution is -2.41. The third-order valence-corrected chi connectivity index (χ3v) is 3.91. The van der Waals surface area contributed by atoms with E-state index >= 15 is 0 Å². The molecule has 0 aliphatic rings. The van der Waals surface area contributed by atoms with Crippen molar-refractivity contribution in [3.05, 3.63) is 70.8 Å². The van der Waals surface area contributed by atoms with E-state index in [1.807, 2.05) is 0 Å². The number of rotatable bonds is 7. The first-order chi connectivity index (χ1) is 13.6. The summed E-state index contributed by atoms with van der Waals surface area (Å²) >= 11 is 0. The molecule has 156 valence electrons. The van der Waals surface area contributed by atoms with E-state index < -0.39 is 41.5 Å². The number of carboxylic acid groups (broad SMARTS) is 1. The summed E-state index contributed by atoms with van der Waals surface area (Å²) in [6, 6.07) is 8.09. The van der Waals surface area contributed by atoms with E-state index in [2.05, 4.69) is 5.32 Å². The van der Waals surface area contributed by atoms with Gasteiger partial charge in [-0.15, -0.1) is 0 Å². The maximum absolute atomic E-state index is 13.6. The zero-order chi connectivity index (χ0) is 21.6. The molecule has 1 atom stereocenters. The Balaban J connectivity index is 1.97. The largest absolute Gasteiger partial charge is 0.480 e. The first-order valence-electron chi connectivity index (χ1n) is 8.33. The molecule has 0 aliphatic heterocycles. The van der Waals surface area contributed by atoms with Crippen LogP contribution in [-0.2, 0) is 28.7 Å². The Bertz CT molecular complexity index is 848. The van der Waals surface area contributed by atoms with Crippen molar-refractivity contribution in [1.82, 2.24) is 5.32 Å². The number of amides is 1. The molecule has 0 spiro atoms. The molecule has 0 aliphatic carbocycles. The van der Waals surface area contributed by atoms with E-state index in [1.54, 1.807) is 30.3 Å². The lowest BCUT2D eigenvalue weighted by atomic mass is 10.0. The number of alkyl halides is 3. The fourth-order valence-corrected chi connectivity index (χ4v) is 2.52. The van der Waals surface area contributed by atoms with E-state index in [9.17, 15) is 36.6 Å². The highest BCUT2D eigenvalue weighted by Crippen LogP contribution is 2.34. The Labute approximate surface area is 162 Å². The van der Waals surface area contributed by atoms with Crippen molar-refractivity contribution >= 4 is 12.1 Å². The van der Waals surface area contributed by atoms with Gasteiger partial charge in [0, 0.05) is 0 Å². The molecule has 0 bridgehead atoms. The number of carbonyl (C=O) groups is 2. The first-order valence-corrected chi connectivity index (χ1v) is 8.33. The van der Waals surface area contributed by atoms with Crippen molar-refractivity contribution in [3.63, 3.8) is 0 Å². The molecule has 2 N–H and O–H groups in total. The minimum absolute atomic E-state index is 0.103. The number of benzene rings is 2. The molecule has 10 heteroatoms. The number of ether oxygens (including phenoxy) is 1. The molecule has 1 unspecified atom stereocenters. The minimum Gasteiger partial charge on any atom is -0.480 e. The predicted molar refractivity (Wildman–Crippen MR) is 90.9 cm³/mol. The van der Waals surface area contributed by atoms with Crippen LogP contribution in [0.1, 0.15) is 23.1 Å². The molecule has 5 nitrogen and oxygen atoms in total. The first kappa shape index (κ1) is 22.1. The van der Waals surface area contributed by atoms with Gasteiger partial charge < -0.3 is 15.2 Å². The van der Waals surface area contributed by atoms with Crippen LogP contribution < -0.4 is 5.32 Å². The number of hydrogen-bond acceptors (Lipinski definition) is 3. The highest BCUT2D eigenvalue weighted by atomic mass is 19.4. The van der Waals surface area contributed by atoms with Crippen LogP contribution in [-0.4, -0.2) is 23.2 Å². The number of hydrogen-bond donors (Lipinski definition) is 2. The molecule has 29 heavy (non-hydrogen) atoms. The van der Waals surface area contributed by atoms with Crippen molar-refractivity contribution in [1.29, 1.82) is 0 Å². The second kappa shape index (κ2) is 9.35. The second-order valence-electron chi connectivity index (χ2n) is 6.07. The number of carbonyl (C=O) groups excluding carboxylic acids is 1. The molecular weight excluding hydrogens is 401 g/mol. The van der Waals surface area contributed by atoms with Crippen molar-refractivity contribution < 1.29 is 41.4 Å². The van der Waals surface area contributed by atoms with Crippen molar-refractivity contribution in [3.8, 4) is 0 Å². The molecule has 0 fully saturated rings. The number of aryl methyl sites for hydroxylation is 1. The average Bonchev–Trinajstić information content (AvgIpc) is 2.62. The molecule has 0 radical (unpaired) electrons. The van der Waals surface area contributed by atoms with Crippen LogP contribution >= 0.6 is 0 Å². The van der Waals surface area contributed by atoms with Crippen molar-refractivity contribution in [2.24, 2.45) is 0 Å². The Kier molecular flexibility index (Phi) is 7.13. The molecule has 1 amide bonds. The maximum atomic E-state index is 13.6. The normalized spacial score (nSPS) is 12.3. The SMILES string of the molecule is O=C(NC(CCc1cc(F)c(C(F)(F)F)c(F)c1)C(=O)O)OCc1ccccc1. The molecule has 0 saturated heterocycles. The van der Waals surface area contributed by atoms with E-state index in [1.165, 1.54) is 0 Å². The summed E-state index contributed by atoms with van der Waals surface area (Å²) in [6.07, 6.45) is -6.83. The van der Waals surface area contributed by atoms with E-state index in [-0.39, 0.29) is 25.0 Å². The molecule has 2 rings (SSSR count). The number of halogens is 5. The summed E-state index contributed by atoms with van der Waals surface area (Å²) in [4.78, 5) is 23.0. The summed E-state index contributed by atoms with van der Waals surface area (Å²) in [5.41, 5.74) is -1.53. The van der Waals surface area contributed by atoms with Crippen LogP contribution in [0.25, 0.3) is 0 Å². The average molecular weight is 417 g/mol. The lowest BCUT2D eigenvalue weighted by molar-refractivity contribution is -0.142. The molecular formula is C19H16F5NO4. The summed E-state index contributed by atoms with van der Waals surface area (Å²) in [5, 5.41) is 11.3. The molecule has 2 aromatic carbocycles. The summed E-state index contributed by atoms with van der Waals surface area (Å²) in [7, 11) is 0. The standard InChI is InChI=1S/C19H16F5NO4/c20-13-8-12(9-14(21)16(13)19(22,23)24)6-7-15(17(26)27)25-18(28)29-10-11-4-2-1-3-5-11/h1-5,8-9,15H,6-7,10H2,(H,25,28)(H,26,27). The van der Waals surface area contributed by atoms with Crippen LogP contribution in [0.5, 0.6) is 0 Å². The zero-order valence-electron chi connectivity index (χ0n) is 14.8. The minimum atomic E-state index is -5.19. The van der Waals surface area contributed by atoms with Gasteiger partial charge in [-0.3, -0.25) is 0 Å². The Hall–Kier alpha value is -3.17. The van der Waals surface area contributed by atoms with Gasteiger partial charge in [-0.25, -0.2) is 18.4 Å². The van der Waals surface area contributed by atoms with Gasteiger partial charge in [-0.1, -0.05) is 30.3 Å². The summed E-state index contributed by atoms with van der Waals surface area (Å²) < 4.78 is 69.8. The van der Waals surface area contributed by atoms with Gasteiger partial charge in [0.25, 0.3) is 0 Å². The monoisotopic (exact) mass is 417 g/mol. The second-order valence-corrected chi connectivity index (χ2v) is 6.07. The number of alkyl carbamates (subject to hydrolysis) is 1. The van der Waals surface area contributed by atoms with Crippen LogP contribution in [0.4, 0.5) is 26.7 Å². The third kappa shape index (κ3) is 6.44. The van der Waals surface area contributed by atoms with Gasteiger partial charge in [0.15, 0.2) is 0 Å². The maximum Gasteiger partial charge on any atom is 0.422 e. The van der Waals surface area contributed by atoms with Gasteiger partial charge in [0.2, 0.25) is 0 Å². The molecule has 2 aromatic rings. The lowest BCUT2D eigenvalue weighted by Gasteiger charge is -2.15. The highest BCUT2D eigenvalue weighted by molar-refractivity contribution is 5.79. The Morgan fingerprint density at radius 3 is 2.14 bits per heavy atom. The van der Waals surface area contributed by atoms with Gasteiger partial charge in [0.1, 0.15) is 29.8 Å². The van der Waals surface area contributed by atoms with E-state index in [4.69, 9.17) is 4.74 Å². The smallest absolute Gasteiger partial charge is 0.422 e. The third-order valence-electron chi connectivity index (χ3n) is 3.91. The Morgan fingerprint density at radius 1 is 1.03 bits per heavy atom. The predicted octanol–water partition coefficient (Wildman–Crippen LogP) is 4.30. The van der Waals surface area contributed by atoms with Crippen molar-refractivity contribution in [2.45, 2.75) is 31.7 Å². The summed E-state index contributed by atoms with van der Waals surface area (Å²) in [6.45, 7) is -0.103. The molecule has 0 saturated carbocycles. The number of nitrogens with one attached hydrogen (secondary N) is 1. The number of carboxylic acids is 1. The van der Waals surface area contributed by atoms with Gasteiger partial charge in [0.05, 0.1) is 0 Å². The van der Waals surface area contributed by atoms with Gasteiger partial charge >= 0.3 is 18.2 Å². The van der Waals surface area contributed by atoms with Gasteiger partial charge in [-0.2, -0.15) is 13.2 Å². The van der Waals surface area contributed by atoms with Crippen LogP contribution in [0.2, 0.25) is 0 Å². The summed E-state index contributed by atoms with van der Waals surface area (Å²) in [5.74, 6) is -5.03. The number of aliphatic carboxylic acids is 1. The van der Waals surface area contributed by atoms with E-state index in [0.29, 0.717) is 17.7 Å². The fraction of sp³-hybridized carbons (Fsp3) is 0.263.